The summed E-state index contributed by atoms with van der Waals surface area (Å²) < 4.78 is 12.9. The van der Waals surface area contributed by atoms with Gasteiger partial charge in [0, 0.05) is 19.5 Å². The molecule has 52 valence electrons. The molecule has 0 aromatic rings. The van der Waals surface area contributed by atoms with Crippen molar-refractivity contribution in [2.75, 3.05) is 13.1 Å². The highest BCUT2D eigenvalue weighted by atomic mass is 19.1. The van der Waals surface area contributed by atoms with Crippen LogP contribution in [-0.2, 0) is 4.79 Å². The lowest BCUT2D eigenvalue weighted by atomic mass is 9.93. The SMILES string of the molecule is CCC(=O)C1(F)CNC1. The average molecular weight is 131 g/mol. The molecule has 0 bridgehead atoms. The van der Waals surface area contributed by atoms with Gasteiger partial charge in [0.15, 0.2) is 11.5 Å². The Bertz CT molecular complexity index is 131. The third kappa shape index (κ3) is 0.965. The van der Waals surface area contributed by atoms with Crippen LogP contribution in [-0.4, -0.2) is 24.5 Å². The molecule has 1 aliphatic heterocycles. The summed E-state index contributed by atoms with van der Waals surface area (Å²) in [6.07, 6.45) is 0.304. The van der Waals surface area contributed by atoms with Crippen LogP contribution in [0.15, 0.2) is 0 Å². The molecule has 0 aromatic carbocycles. The predicted molar refractivity (Wildman–Crippen MR) is 32.0 cm³/mol. The lowest BCUT2D eigenvalue weighted by Gasteiger charge is -2.32. The Morgan fingerprint density at radius 2 is 2.33 bits per heavy atom. The maximum absolute atomic E-state index is 12.9. The number of ketones is 1. The average Bonchev–Trinajstić information content (AvgIpc) is 1.81. The molecule has 0 spiro atoms. The first-order valence-electron chi connectivity index (χ1n) is 3.12. The zero-order valence-corrected chi connectivity index (χ0v) is 5.41. The van der Waals surface area contributed by atoms with Gasteiger partial charge in [-0.3, -0.25) is 4.79 Å². The van der Waals surface area contributed by atoms with Gasteiger partial charge in [-0.15, -0.1) is 0 Å². The summed E-state index contributed by atoms with van der Waals surface area (Å²) in [7, 11) is 0. The molecule has 0 atom stereocenters. The van der Waals surface area contributed by atoms with E-state index in [0.29, 0.717) is 6.42 Å². The molecule has 1 fully saturated rings. The fourth-order valence-electron chi connectivity index (χ4n) is 0.858. The van der Waals surface area contributed by atoms with E-state index in [2.05, 4.69) is 5.32 Å². The van der Waals surface area contributed by atoms with E-state index >= 15 is 0 Å². The van der Waals surface area contributed by atoms with Crippen LogP contribution in [0.2, 0.25) is 0 Å². The minimum absolute atomic E-state index is 0.208. The van der Waals surface area contributed by atoms with Crippen molar-refractivity contribution < 1.29 is 9.18 Å². The van der Waals surface area contributed by atoms with Crippen molar-refractivity contribution in [3.63, 3.8) is 0 Å². The Morgan fingerprint density at radius 3 is 2.44 bits per heavy atom. The second-order valence-corrected chi connectivity index (χ2v) is 2.35. The van der Waals surface area contributed by atoms with E-state index < -0.39 is 5.67 Å². The van der Waals surface area contributed by atoms with E-state index in [4.69, 9.17) is 0 Å². The molecule has 9 heavy (non-hydrogen) atoms. The topological polar surface area (TPSA) is 29.1 Å². The fourth-order valence-corrected chi connectivity index (χ4v) is 0.858. The highest BCUT2D eigenvalue weighted by Crippen LogP contribution is 2.18. The van der Waals surface area contributed by atoms with Gasteiger partial charge in [-0.2, -0.15) is 0 Å². The molecule has 0 amide bonds. The van der Waals surface area contributed by atoms with Crippen molar-refractivity contribution in [1.29, 1.82) is 0 Å². The van der Waals surface area contributed by atoms with Crippen molar-refractivity contribution >= 4 is 5.78 Å². The molecule has 0 unspecified atom stereocenters. The third-order valence-electron chi connectivity index (χ3n) is 1.63. The molecule has 0 saturated carbocycles. The highest BCUT2D eigenvalue weighted by molar-refractivity contribution is 5.88. The molecule has 1 rings (SSSR count). The maximum Gasteiger partial charge on any atom is 0.193 e. The Kier molecular flexibility index (Phi) is 1.53. The van der Waals surface area contributed by atoms with Crippen molar-refractivity contribution in [2.45, 2.75) is 19.0 Å². The number of nitrogens with one attached hydrogen (secondary N) is 1. The first kappa shape index (κ1) is 6.68. The predicted octanol–water partition coefficient (Wildman–Crippen LogP) is 0.277. The Hall–Kier alpha value is -0.440. The van der Waals surface area contributed by atoms with Gasteiger partial charge >= 0.3 is 0 Å². The number of carbonyl (C=O) groups is 1. The zero-order valence-electron chi connectivity index (χ0n) is 5.41. The molecule has 1 N–H and O–H groups in total. The minimum atomic E-state index is -1.52. The summed E-state index contributed by atoms with van der Waals surface area (Å²) in [5.41, 5.74) is -1.52. The summed E-state index contributed by atoms with van der Waals surface area (Å²) in [5.74, 6) is -0.277. The first-order chi connectivity index (χ1) is 4.19. The van der Waals surface area contributed by atoms with Gasteiger partial charge in [0.25, 0.3) is 0 Å². The van der Waals surface area contributed by atoms with E-state index in [1.54, 1.807) is 6.92 Å². The van der Waals surface area contributed by atoms with Gasteiger partial charge in [0.1, 0.15) is 0 Å². The third-order valence-corrected chi connectivity index (χ3v) is 1.63. The van der Waals surface area contributed by atoms with Crippen molar-refractivity contribution in [1.82, 2.24) is 5.32 Å². The molecule has 0 radical (unpaired) electrons. The largest absolute Gasteiger partial charge is 0.309 e. The van der Waals surface area contributed by atoms with E-state index in [-0.39, 0.29) is 18.9 Å². The standard InChI is InChI=1S/C6H10FNO/c1-2-5(9)6(7)3-8-4-6/h8H,2-4H2,1H3. The van der Waals surface area contributed by atoms with Crippen LogP contribution in [0.1, 0.15) is 13.3 Å². The van der Waals surface area contributed by atoms with Crippen molar-refractivity contribution in [2.24, 2.45) is 0 Å². The number of hydrogen-bond acceptors (Lipinski definition) is 2. The van der Waals surface area contributed by atoms with Gasteiger partial charge in [0.05, 0.1) is 0 Å². The summed E-state index contributed by atoms with van der Waals surface area (Å²) in [6.45, 7) is 2.10. The monoisotopic (exact) mass is 131 g/mol. The van der Waals surface area contributed by atoms with Crippen LogP contribution in [0.5, 0.6) is 0 Å². The number of alkyl halides is 1. The zero-order chi connectivity index (χ0) is 6.91. The van der Waals surface area contributed by atoms with Gasteiger partial charge in [-0.25, -0.2) is 4.39 Å². The fraction of sp³-hybridized carbons (Fsp3) is 0.833. The number of hydrogen-bond donors (Lipinski definition) is 1. The van der Waals surface area contributed by atoms with E-state index in [9.17, 15) is 9.18 Å². The van der Waals surface area contributed by atoms with Crippen LogP contribution >= 0.6 is 0 Å². The maximum atomic E-state index is 12.9. The quantitative estimate of drug-likeness (QED) is 0.583. The van der Waals surface area contributed by atoms with Crippen LogP contribution in [0, 0.1) is 0 Å². The normalized spacial score (nSPS) is 22.9. The molecular weight excluding hydrogens is 121 g/mol. The summed E-state index contributed by atoms with van der Waals surface area (Å²) >= 11 is 0. The Balaban J connectivity index is 2.49. The van der Waals surface area contributed by atoms with Crippen LogP contribution in [0.4, 0.5) is 4.39 Å². The number of carbonyl (C=O) groups excluding carboxylic acids is 1. The van der Waals surface area contributed by atoms with E-state index in [0.717, 1.165) is 0 Å². The first-order valence-corrected chi connectivity index (χ1v) is 3.12. The summed E-state index contributed by atoms with van der Waals surface area (Å²) in [6, 6.07) is 0. The van der Waals surface area contributed by atoms with Gasteiger partial charge < -0.3 is 5.32 Å². The van der Waals surface area contributed by atoms with Gasteiger partial charge in [-0.05, 0) is 0 Å². The minimum Gasteiger partial charge on any atom is -0.309 e. The van der Waals surface area contributed by atoms with Crippen LogP contribution in [0.3, 0.4) is 0 Å². The molecular formula is C6H10FNO. The Labute approximate surface area is 53.4 Å². The number of Topliss-reactive ketones (excluding diaryl/α,β-unsaturated/α-hetero) is 1. The van der Waals surface area contributed by atoms with E-state index in [1.165, 1.54) is 0 Å². The number of halogens is 1. The van der Waals surface area contributed by atoms with Crippen LogP contribution < -0.4 is 5.32 Å². The van der Waals surface area contributed by atoms with Crippen molar-refractivity contribution in [3.05, 3.63) is 0 Å². The molecule has 0 aromatic heterocycles. The smallest absolute Gasteiger partial charge is 0.193 e. The molecule has 2 nitrogen and oxygen atoms in total. The summed E-state index contributed by atoms with van der Waals surface area (Å²) in [4.78, 5) is 10.7. The van der Waals surface area contributed by atoms with Gasteiger partial charge in [0.2, 0.25) is 0 Å². The molecule has 0 aliphatic carbocycles. The molecule has 3 heteroatoms. The van der Waals surface area contributed by atoms with Crippen molar-refractivity contribution in [3.8, 4) is 0 Å². The lowest BCUT2D eigenvalue weighted by Crippen LogP contribution is -2.60. The van der Waals surface area contributed by atoms with Gasteiger partial charge in [-0.1, -0.05) is 6.92 Å². The Morgan fingerprint density at radius 1 is 1.78 bits per heavy atom. The van der Waals surface area contributed by atoms with Crippen LogP contribution in [0.25, 0.3) is 0 Å². The molecule has 1 heterocycles. The summed E-state index contributed by atoms with van der Waals surface area (Å²) in [5, 5.41) is 2.72. The number of rotatable bonds is 2. The highest BCUT2D eigenvalue weighted by Gasteiger charge is 2.42. The molecule has 1 saturated heterocycles. The lowest BCUT2D eigenvalue weighted by molar-refractivity contribution is -0.133. The second kappa shape index (κ2) is 2.06. The van der Waals surface area contributed by atoms with E-state index in [1.807, 2.05) is 0 Å². The molecule has 1 aliphatic rings. The second-order valence-electron chi connectivity index (χ2n) is 2.35.